The van der Waals surface area contributed by atoms with Gasteiger partial charge >= 0.3 is 5.97 Å². The van der Waals surface area contributed by atoms with Crippen LogP contribution in [0, 0.1) is 5.92 Å². The van der Waals surface area contributed by atoms with Crippen LogP contribution in [0.4, 0.5) is 0 Å². The van der Waals surface area contributed by atoms with Crippen molar-refractivity contribution in [3.05, 3.63) is 0 Å². The molecule has 0 aliphatic carbocycles. The Bertz CT molecular complexity index is 571. The molecule has 8 N–H and O–H groups in total. The van der Waals surface area contributed by atoms with E-state index in [-0.39, 0.29) is 24.5 Å². The van der Waals surface area contributed by atoms with Crippen LogP contribution < -0.4 is 27.4 Å². The molecule has 0 radical (unpaired) electrons. The van der Waals surface area contributed by atoms with E-state index in [1.54, 1.807) is 0 Å². The molecule has 0 spiro atoms. The van der Waals surface area contributed by atoms with E-state index in [9.17, 15) is 24.0 Å². The second-order valence-corrected chi connectivity index (χ2v) is 6.69. The highest BCUT2D eigenvalue weighted by Gasteiger charge is 2.26. The van der Waals surface area contributed by atoms with Crippen molar-refractivity contribution in [3.63, 3.8) is 0 Å². The molecule has 0 aliphatic heterocycles. The Balaban J connectivity index is 4.78. The van der Waals surface area contributed by atoms with Crippen LogP contribution in [0.15, 0.2) is 0 Å². The molecule has 0 aromatic rings. The number of primary amides is 1. The van der Waals surface area contributed by atoms with E-state index in [1.165, 1.54) is 0 Å². The molecule has 0 rings (SSSR count). The topological polar surface area (TPSA) is 194 Å². The lowest BCUT2D eigenvalue weighted by Crippen LogP contribution is -2.54. The van der Waals surface area contributed by atoms with Crippen molar-refractivity contribution >= 4 is 42.2 Å². The van der Waals surface area contributed by atoms with Crippen molar-refractivity contribution in [2.75, 3.05) is 12.3 Å². The standard InChI is InChI=1S/C15H27N5O6S/c1-7(2)3-9(20-13(23)8(16)4-11(17)21)14(24)18-5-12(22)19-10(6-27)15(25)26/h7-10,27H,3-6,16H2,1-2H3,(H2,17,21)(H,18,24)(H,19,22)(H,20,23)(H,25,26). The summed E-state index contributed by atoms with van der Waals surface area (Å²) in [6, 6.07) is -3.36. The Morgan fingerprint density at radius 1 is 1.04 bits per heavy atom. The molecule has 0 saturated heterocycles. The zero-order chi connectivity index (χ0) is 21.1. The van der Waals surface area contributed by atoms with Crippen LogP contribution in [-0.4, -0.2) is 65.1 Å². The fourth-order valence-electron chi connectivity index (χ4n) is 2.01. The summed E-state index contributed by atoms with van der Waals surface area (Å²) < 4.78 is 0. The predicted molar refractivity (Wildman–Crippen MR) is 99.6 cm³/mol. The number of hydrogen-bond acceptors (Lipinski definition) is 7. The van der Waals surface area contributed by atoms with Crippen LogP contribution in [0.2, 0.25) is 0 Å². The van der Waals surface area contributed by atoms with Gasteiger partial charge in [0.2, 0.25) is 23.6 Å². The minimum Gasteiger partial charge on any atom is -0.480 e. The van der Waals surface area contributed by atoms with Gasteiger partial charge < -0.3 is 32.5 Å². The van der Waals surface area contributed by atoms with Crippen molar-refractivity contribution in [1.29, 1.82) is 0 Å². The van der Waals surface area contributed by atoms with E-state index in [0.29, 0.717) is 0 Å². The molecule has 0 aliphatic rings. The van der Waals surface area contributed by atoms with Gasteiger partial charge in [-0.05, 0) is 12.3 Å². The maximum atomic E-state index is 12.3. The molecule has 3 unspecified atom stereocenters. The van der Waals surface area contributed by atoms with Gasteiger partial charge in [0, 0.05) is 5.75 Å². The summed E-state index contributed by atoms with van der Waals surface area (Å²) in [6.45, 7) is 3.17. The van der Waals surface area contributed by atoms with E-state index < -0.39 is 54.3 Å². The summed E-state index contributed by atoms with van der Waals surface area (Å²) in [4.78, 5) is 57.7. The maximum absolute atomic E-state index is 12.3. The minimum absolute atomic E-state index is 0.0304. The van der Waals surface area contributed by atoms with E-state index >= 15 is 0 Å². The molecule has 0 fully saturated rings. The third-order valence-corrected chi connectivity index (χ3v) is 3.70. The third-order valence-electron chi connectivity index (χ3n) is 3.34. The maximum Gasteiger partial charge on any atom is 0.327 e. The zero-order valence-electron chi connectivity index (χ0n) is 15.2. The minimum atomic E-state index is -1.25. The van der Waals surface area contributed by atoms with Crippen LogP contribution >= 0.6 is 12.6 Å². The van der Waals surface area contributed by atoms with Crippen molar-refractivity contribution < 1.29 is 29.1 Å². The molecule has 12 heteroatoms. The van der Waals surface area contributed by atoms with Crippen LogP contribution in [0.5, 0.6) is 0 Å². The van der Waals surface area contributed by atoms with Crippen LogP contribution in [0.3, 0.4) is 0 Å². The highest BCUT2D eigenvalue weighted by molar-refractivity contribution is 7.80. The molecule has 11 nitrogen and oxygen atoms in total. The van der Waals surface area contributed by atoms with Gasteiger partial charge in [0.1, 0.15) is 12.1 Å². The number of amides is 4. The van der Waals surface area contributed by atoms with Crippen LogP contribution in [0.25, 0.3) is 0 Å². The fourth-order valence-corrected chi connectivity index (χ4v) is 2.26. The van der Waals surface area contributed by atoms with Crippen molar-refractivity contribution in [2.24, 2.45) is 17.4 Å². The smallest absolute Gasteiger partial charge is 0.327 e. The lowest BCUT2D eigenvalue weighted by molar-refractivity contribution is -0.141. The first-order valence-electron chi connectivity index (χ1n) is 8.22. The van der Waals surface area contributed by atoms with Crippen molar-refractivity contribution in [3.8, 4) is 0 Å². The molecule has 4 amide bonds. The molecule has 0 saturated carbocycles. The average Bonchev–Trinajstić information content (AvgIpc) is 2.55. The zero-order valence-corrected chi connectivity index (χ0v) is 16.1. The Morgan fingerprint density at radius 3 is 2.07 bits per heavy atom. The SMILES string of the molecule is CC(C)CC(NC(=O)C(N)CC(N)=O)C(=O)NCC(=O)NC(CS)C(=O)O. The van der Waals surface area contributed by atoms with Crippen molar-refractivity contribution in [1.82, 2.24) is 16.0 Å². The van der Waals surface area contributed by atoms with Crippen LogP contribution in [0.1, 0.15) is 26.7 Å². The Labute approximate surface area is 162 Å². The summed E-state index contributed by atoms with van der Waals surface area (Å²) in [5.41, 5.74) is 10.5. The quantitative estimate of drug-likeness (QED) is 0.172. The van der Waals surface area contributed by atoms with Gasteiger partial charge in [0.15, 0.2) is 0 Å². The first kappa shape index (κ1) is 24.7. The van der Waals surface area contributed by atoms with Crippen LogP contribution in [-0.2, 0) is 24.0 Å². The molecule has 27 heavy (non-hydrogen) atoms. The van der Waals surface area contributed by atoms with Gasteiger partial charge in [-0.15, -0.1) is 0 Å². The highest BCUT2D eigenvalue weighted by atomic mass is 32.1. The number of hydrogen-bond donors (Lipinski definition) is 7. The van der Waals surface area contributed by atoms with E-state index in [4.69, 9.17) is 16.6 Å². The number of carbonyl (C=O) groups is 5. The first-order chi connectivity index (χ1) is 12.5. The van der Waals surface area contributed by atoms with E-state index in [1.807, 2.05) is 13.8 Å². The molecule has 0 aromatic heterocycles. The Hall–Kier alpha value is -2.34. The van der Waals surface area contributed by atoms with Gasteiger partial charge in [-0.1, -0.05) is 13.8 Å². The van der Waals surface area contributed by atoms with E-state index in [2.05, 4.69) is 28.6 Å². The number of carboxylic acids is 1. The number of nitrogens with one attached hydrogen (secondary N) is 3. The first-order valence-corrected chi connectivity index (χ1v) is 8.86. The Morgan fingerprint density at radius 2 is 1.63 bits per heavy atom. The number of carbonyl (C=O) groups excluding carboxylic acids is 4. The predicted octanol–water partition coefficient (Wildman–Crippen LogP) is -2.66. The second-order valence-electron chi connectivity index (χ2n) is 6.33. The van der Waals surface area contributed by atoms with Crippen molar-refractivity contribution in [2.45, 2.75) is 44.8 Å². The molecule has 0 aromatic carbocycles. The lowest BCUT2D eigenvalue weighted by atomic mass is 10.0. The van der Waals surface area contributed by atoms with Gasteiger partial charge in [-0.2, -0.15) is 12.6 Å². The number of aliphatic carboxylic acids is 1. The molecular formula is C15H27N5O6S. The largest absolute Gasteiger partial charge is 0.480 e. The fraction of sp³-hybridized carbons (Fsp3) is 0.667. The number of thiol groups is 1. The van der Waals surface area contributed by atoms with Gasteiger partial charge in [0.05, 0.1) is 19.0 Å². The number of rotatable bonds is 12. The molecule has 3 atom stereocenters. The molecule has 0 heterocycles. The average molecular weight is 405 g/mol. The molecule has 154 valence electrons. The van der Waals surface area contributed by atoms with Gasteiger partial charge in [0.25, 0.3) is 0 Å². The summed E-state index contributed by atoms with van der Waals surface area (Å²) >= 11 is 3.81. The second kappa shape index (κ2) is 12.1. The summed E-state index contributed by atoms with van der Waals surface area (Å²) in [6.07, 6.45) is -0.110. The summed E-state index contributed by atoms with van der Waals surface area (Å²) in [7, 11) is 0. The number of nitrogens with two attached hydrogens (primary N) is 2. The summed E-state index contributed by atoms with van der Waals surface area (Å²) in [5, 5.41) is 15.8. The monoisotopic (exact) mass is 405 g/mol. The highest BCUT2D eigenvalue weighted by Crippen LogP contribution is 2.05. The normalized spacial score (nSPS) is 14.0. The summed E-state index contributed by atoms with van der Waals surface area (Å²) in [5.74, 6) is -4.17. The number of carboxylic acid groups (broad SMARTS) is 1. The third kappa shape index (κ3) is 10.4. The van der Waals surface area contributed by atoms with Gasteiger partial charge in [-0.25, -0.2) is 4.79 Å². The Kier molecular flexibility index (Phi) is 11.1. The lowest BCUT2D eigenvalue weighted by Gasteiger charge is -2.22. The molecular weight excluding hydrogens is 378 g/mol. The molecule has 0 bridgehead atoms. The van der Waals surface area contributed by atoms with E-state index in [0.717, 1.165) is 0 Å². The van der Waals surface area contributed by atoms with Gasteiger partial charge in [-0.3, -0.25) is 19.2 Å².